The van der Waals surface area contributed by atoms with Crippen molar-refractivity contribution >= 4 is 23.5 Å². The second-order valence-corrected chi connectivity index (χ2v) is 4.40. The number of hydrogen-bond donors (Lipinski definition) is 2. The van der Waals surface area contributed by atoms with Gasteiger partial charge in [-0.15, -0.1) is 0 Å². The molecule has 0 aliphatic heterocycles. The van der Waals surface area contributed by atoms with Crippen LogP contribution in [0, 0.1) is 13.8 Å². The summed E-state index contributed by atoms with van der Waals surface area (Å²) in [5.74, 6) is 0.300. The van der Waals surface area contributed by atoms with Gasteiger partial charge in [-0.2, -0.15) is 0 Å². The average molecular weight is 250 g/mol. The third kappa shape index (κ3) is 2.76. The van der Waals surface area contributed by atoms with Gasteiger partial charge in [-0.3, -0.25) is 4.79 Å². The van der Waals surface area contributed by atoms with Crippen molar-refractivity contribution in [2.45, 2.75) is 13.8 Å². The fraction of sp³-hybridized carbons (Fsp3) is 0.200. The summed E-state index contributed by atoms with van der Waals surface area (Å²) in [6.45, 7) is 3.69. The Bertz CT molecular complexity index is 609. The summed E-state index contributed by atoms with van der Waals surface area (Å²) in [7, 11) is 0. The summed E-state index contributed by atoms with van der Waals surface area (Å²) in [6, 6.07) is 1.84. The number of thiazole rings is 1. The Hall–Kier alpha value is -2.02. The quantitative estimate of drug-likeness (QED) is 0.786. The van der Waals surface area contributed by atoms with E-state index in [9.17, 15) is 9.90 Å². The van der Waals surface area contributed by atoms with Crippen LogP contribution >= 0.6 is 11.3 Å². The Balaban J connectivity index is 2.31. The van der Waals surface area contributed by atoms with Gasteiger partial charge >= 0.3 is 4.87 Å². The molecule has 2 aromatic rings. The van der Waals surface area contributed by atoms with Crippen LogP contribution in [0.25, 0.3) is 0 Å². The lowest BCUT2D eigenvalue weighted by Crippen LogP contribution is -1.95. The first-order chi connectivity index (χ1) is 8.04. The predicted octanol–water partition coefficient (Wildman–Crippen LogP) is 1.30. The minimum absolute atomic E-state index is 0.0943. The van der Waals surface area contributed by atoms with E-state index in [1.54, 1.807) is 0 Å². The maximum absolute atomic E-state index is 10.9. The molecule has 0 saturated heterocycles. The number of nitrogens with zero attached hydrogens (tertiary/aromatic N) is 3. The Kier molecular flexibility index (Phi) is 3.01. The number of aromatic nitrogens is 3. The van der Waals surface area contributed by atoms with Crippen LogP contribution in [0.15, 0.2) is 15.9 Å². The van der Waals surface area contributed by atoms with Gasteiger partial charge in [0.2, 0.25) is 11.0 Å². The molecule has 0 fully saturated rings. The summed E-state index contributed by atoms with van der Waals surface area (Å²) < 4.78 is 0. The highest BCUT2D eigenvalue weighted by Crippen LogP contribution is 2.16. The molecule has 2 aromatic heterocycles. The molecule has 0 spiro atoms. The summed E-state index contributed by atoms with van der Waals surface area (Å²) in [5, 5.41) is 9.28. The van der Waals surface area contributed by atoms with Crippen LogP contribution < -0.4 is 4.87 Å². The van der Waals surface area contributed by atoms with E-state index in [0.29, 0.717) is 5.95 Å². The van der Waals surface area contributed by atoms with Crippen LogP contribution in [0.4, 0.5) is 5.95 Å². The number of aryl methyl sites for hydroxylation is 2. The monoisotopic (exact) mass is 250 g/mol. The number of nitrogens with one attached hydrogen (secondary N) is 1. The molecule has 2 N–H and O–H groups in total. The fourth-order valence-corrected chi connectivity index (χ4v) is 1.86. The number of H-pyrrole nitrogens is 1. The SMILES string of the molecule is Cc1cc(C)nc(/N=C/c2[nH]c(=O)sc2O)n1. The summed E-state index contributed by atoms with van der Waals surface area (Å²) >= 11 is 0.723. The van der Waals surface area contributed by atoms with E-state index in [1.165, 1.54) is 6.21 Å². The van der Waals surface area contributed by atoms with Crippen LogP contribution in [0.1, 0.15) is 17.1 Å². The first-order valence-electron chi connectivity index (χ1n) is 4.83. The van der Waals surface area contributed by atoms with Gasteiger partial charge in [0.15, 0.2) is 0 Å². The van der Waals surface area contributed by atoms with Crippen molar-refractivity contribution in [2.75, 3.05) is 0 Å². The number of aromatic hydroxyl groups is 1. The fourth-order valence-electron chi connectivity index (χ4n) is 1.31. The van der Waals surface area contributed by atoms with Gasteiger partial charge in [-0.05, 0) is 31.3 Å². The van der Waals surface area contributed by atoms with Crippen LogP contribution in [-0.2, 0) is 0 Å². The highest BCUT2D eigenvalue weighted by molar-refractivity contribution is 7.11. The lowest BCUT2D eigenvalue weighted by Gasteiger charge is -1.96. The van der Waals surface area contributed by atoms with Crippen molar-refractivity contribution in [1.82, 2.24) is 15.0 Å². The van der Waals surface area contributed by atoms with E-state index in [0.717, 1.165) is 22.7 Å². The van der Waals surface area contributed by atoms with Crippen LogP contribution in [0.3, 0.4) is 0 Å². The molecule has 2 rings (SSSR count). The van der Waals surface area contributed by atoms with E-state index in [1.807, 2.05) is 19.9 Å². The molecule has 0 atom stereocenters. The van der Waals surface area contributed by atoms with Gasteiger partial charge in [0.05, 0.1) is 6.21 Å². The molecule has 0 aromatic carbocycles. The standard InChI is InChI=1S/C10H10N4O2S/c1-5-3-6(2)13-9(12-5)11-4-7-8(15)17-10(16)14-7/h3-4,15H,1-2H3,(H,14,16)/b11-4+. The van der Waals surface area contributed by atoms with Crippen LogP contribution in [-0.4, -0.2) is 26.3 Å². The number of aromatic amines is 1. The van der Waals surface area contributed by atoms with Crippen LogP contribution in [0.5, 0.6) is 5.06 Å². The lowest BCUT2D eigenvalue weighted by atomic mass is 10.4. The molecule has 0 unspecified atom stereocenters. The first-order valence-corrected chi connectivity index (χ1v) is 5.64. The molecule has 7 heteroatoms. The molecule has 0 amide bonds. The van der Waals surface area contributed by atoms with Crippen molar-refractivity contribution in [1.29, 1.82) is 0 Å². The third-order valence-electron chi connectivity index (χ3n) is 1.94. The van der Waals surface area contributed by atoms with Crippen molar-refractivity contribution in [3.63, 3.8) is 0 Å². The highest BCUT2D eigenvalue weighted by Gasteiger charge is 2.03. The largest absolute Gasteiger partial charge is 0.498 e. The van der Waals surface area contributed by atoms with Gasteiger partial charge in [0, 0.05) is 11.4 Å². The smallest absolute Gasteiger partial charge is 0.308 e. The molecule has 88 valence electrons. The molecule has 0 aliphatic rings. The van der Waals surface area contributed by atoms with E-state index in [-0.39, 0.29) is 15.6 Å². The van der Waals surface area contributed by atoms with E-state index in [4.69, 9.17) is 0 Å². The van der Waals surface area contributed by atoms with Gasteiger partial charge < -0.3 is 10.1 Å². The third-order valence-corrected chi connectivity index (χ3v) is 2.64. The number of aliphatic imine (C=N–C) groups is 1. The molecule has 0 aliphatic carbocycles. The number of rotatable bonds is 2. The van der Waals surface area contributed by atoms with Crippen LogP contribution in [0.2, 0.25) is 0 Å². The minimum atomic E-state index is -0.328. The topological polar surface area (TPSA) is 91.2 Å². The molecule has 17 heavy (non-hydrogen) atoms. The Morgan fingerprint density at radius 3 is 2.59 bits per heavy atom. The van der Waals surface area contributed by atoms with Gasteiger partial charge in [-0.25, -0.2) is 15.0 Å². The second kappa shape index (κ2) is 4.46. The second-order valence-electron chi connectivity index (χ2n) is 3.44. The summed E-state index contributed by atoms with van der Waals surface area (Å²) in [4.78, 5) is 25.3. The van der Waals surface area contributed by atoms with Crippen molar-refractivity contribution in [3.05, 3.63) is 32.8 Å². The van der Waals surface area contributed by atoms with Gasteiger partial charge in [0.25, 0.3) is 0 Å². The molecule has 2 heterocycles. The molecule has 0 saturated carbocycles. The van der Waals surface area contributed by atoms with E-state index in [2.05, 4.69) is 19.9 Å². The molecular formula is C10H10N4O2S. The zero-order valence-electron chi connectivity index (χ0n) is 9.26. The summed E-state index contributed by atoms with van der Waals surface area (Å²) in [5.41, 5.74) is 1.89. The van der Waals surface area contributed by atoms with Gasteiger partial charge in [-0.1, -0.05) is 0 Å². The minimum Gasteiger partial charge on any atom is -0.498 e. The highest BCUT2D eigenvalue weighted by atomic mass is 32.1. The molecule has 6 nitrogen and oxygen atoms in total. The molecule has 0 bridgehead atoms. The zero-order chi connectivity index (χ0) is 12.4. The lowest BCUT2D eigenvalue weighted by molar-refractivity contribution is 0.488. The van der Waals surface area contributed by atoms with Crippen molar-refractivity contribution < 1.29 is 5.11 Å². The average Bonchev–Trinajstić information content (AvgIpc) is 2.53. The van der Waals surface area contributed by atoms with Crippen molar-refractivity contribution in [3.8, 4) is 5.06 Å². The molecule has 0 radical (unpaired) electrons. The van der Waals surface area contributed by atoms with Gasteiger partial charge in [0.1, 0.15) is 5.69 Å². The Morgan fingerprint density at radius 2 is 2.06 bits per heavy atom. The van der Waals surface area contributed by atoms with E-state index >= 15 is 0 Å². The van der Waals surface area contributed by atoms with Crippen molar-refractivity contribution in [2.24, 2.45) is 4.99 Å². The molecular weight excluding hydrogens is 240 g/mol. The first kappa shape index (κ1) is 11.5. The predicted molar refractivity (Wildman–Crippen MR) is 65.4 cm³/mol. The Labute approximate surface area is 101 Å². The maximum Gasteiger partial charge on any atom is 0.308 e. The maximum atomic E-state index is 10.9. The summed E-state index contributed by atoms with van der Waals surface area (Å²) in [6.07, 6.45) is 1.33. The van der Waals surface area contributed by atoms with E-state index < -0.39 is 0 Å². The zero-order valence-corrected chi connectivity index (χ0v) is 10.1. The normalized spacial score (nSPS) is 11.2. The Morgan fingerprint density at radius 1 is 1.41 bits per heavy atom. The number of hydrogen-bond acceptors (Lipinski definition) is 6.